The maximum absolute atomic E-state index is 14.1. The van der Waals surface area contributed by atoms with Crippen molar-refractivity contribution in [2.24, 2.45) is 5.92 Å². The maximum atomic E-state index is 14.1. The van der Waals surface area contributed by atoms with Gasteiger partial charge < -0.3 is 20.3 Å². The van der Waals surface area contributed by atoms with Crippen LogP contribution in [0.25, 0.3) is 0 Å². The zero-order chi connectivity index (χ0) is 27.3. The van der Waals surface area contributed by atoms with E-state index in [0.717, 1.165) is 16.7 Å². The van der Waals surface area contributed by atoms with E-state index in [9.17, 15) is 14.4 Å². The molecule has 7 nitrogen and oxygen atoms in total. The van der Waals surface area contributed by atoms with Crippen LogP contribution in [-0.2, 0) is 14.3 Å². The molecule has 0 saturated heterocycles. The molecule has 198 valence electrons. The predicted molar refractivity (Wildman–Crippen MR) is 141 cm³/mol. The summed E-state index contributed by atoms with van der Waals surface area (Å²) in [6.07, 6.45) is 0.0164. The van der Waals surface area contributed by atoms with E-state index in [0.29, 0.717) is 6.42 Å². The highest BCUT2D eigenvalue weighted by Gasteiger charge is 2.40. The number of alkyl carbamates (subject to hydrolysis) is 1. The van der Waals surface area contributed by atoms with Crippen molar-refractivity contribution < 1.29 is 19.1 Å². The SMILES string of the molecule is CCC(C)C(NC(=O)OC(C)(C)C)C(=O)N(C(C)C)C(C(=O)NC(C)(C)C)c1ccc(C)cc1C. The molecule has 7 heteroatoms. The summed E-state index contributed by atoms with van der Waals surface area (Å²) in [5, 5.41) is 5.85. The van der Waals surface area contributed by atoms with Crippen LogP contribution in [0.5, 0.6) is 0 Å². The van der Waals surface area contributed by atoms with Crippen LogP contribution in [0.4, 0.5) is 4.79 Å². The van der Waals surface area contributed by atoms with E-state index in [4.69, 9.17) is 4.74 Å². The Kier molecular flexibility index (Phi) is 10.4. The lowest BCUT2D eigenvalue weighted by atomic mass is 9.92. The summed E-state index contributed by atoms with van der Waals surface area (Å²) in [5.41, 5.74) is 1.59. The molecule has 2 N–H and O–H groups in total. The van der Waals surface area contributed by atoms with Gasteiger partial charge in [-0.2, -0.15) is 0 Å². The third-order valence-corrected chi connectivity index (χ3v) is 5.71. The number of nitrogens with zero attached hydrogens (tertiary/aromatic N) is 1. The van der Waals surface area contributed by atoms with Gasteiger partial charge in [0.2, 0.25) is 11.8 Å². The van der Waals surface area contributed by atoms with E-state index in [1.54, 1.807) is 25.7 Å². The van der Waals surface area contributed by atoms with Gasteiger partial charge in [-0.15, -0.1) is 0 Å². The molecule has 0 aliphatic heterocycles. The monoisotopic (exact) mass is 489 g/mol. The molecule has 35 heavy (non-hydrogen) atoms. The van der Waals surface area contributed by atoms with Crippen LogP contribution in [0.2, 0.25) is 0 Å². The van der Waals surface area contributed by atoms with Crippen LogP contribution < -0.4 is 10.6 Å². The first-order chi connectivity index (χ1) is 15.9. The Hall–Kier alpha value is -2.57. The first kappa shape index (κ1) is 30.5. The number of rotatable bonds is 8. The molecule has 3 unspecified atom stereocenters. The van der Waals surface area contributed by atoms with E-state index >= 15 is 0 Å². The van der Waals surface area contributed by atoms with Crippen molar-refractivity contribution in [3.05, 3.63) is 34.9 Å². The molecule has 0 fully saturated rings. The van der Waals surface area contributed by atoms with E-state index in [1.165, 1.54) is 0 Å². The molecule has 0 bridgehead atoms. The highest BCUT2D eigenvalue weighted by Crippen LogP contribution is 2.30. The van der Waals surface area contributed by atoms with Crippen molar-refractivity contribution in [3.63, 3.8) is 0 Å². The number of benzene rings is 1. The minimum absolute atomic E-state index is 0.165. The van der Waals surface area contributed by atoms with Crippen LogP contribution in [-0.4, -0.2) is 46.0 Å². The van der Waals surface area contributed by atoms with Crippen molar-refractivity contribution in [2.75, 3.05) is 0 Å². The number of ether oxygens (including phenoxy) is 1. The summed E-state index contributed by atoms with van der Waals surface area (Å²) < 4.78 is 5.44. The molecule has 0 aliphatic carbocycles. The van der Waals surface area contributed by atoms with E-state index in [-0.39, 0.29) is 23.8 Å². The Morgan fingerprint density at radius 2 is 1.57 bits per heavy atom. The molecule has 0 aliphatic rings. The fraction of sp³-hybridized carbons (Fsp3) is 0.679. The van der Waals surface area contributed by atoms with Crippen molar-refractivity contribution in [1.82, 2.24) is 15.5 Å². The third kappa shape index (κ3) is 9.19. The lowest BCUT2D eigenvalue weighted by molar-refractivity contribution is -0.146. The summed E-state index contributed by atoms with van der Waals surface area (Å²) in [6.45, 7) is 22.7. The quantitative estimate of drug-likeness (QED) is 0.509. The van der Waals surface area contributed by atoms with Crippen molar-refractivity contribution in [2.45, 2.75) is 119 Å². The summed E-state index contributed by atoms with van der Waals surface area (Å²) in [7, 11) is 0. The minimum atomic E-state index is -0.852. The molecular formula is C28H47N3O4. The zero-order valence-corrected chi connectivity index (χ0v) is 23.8. The van der Waals surface area contributed by atoms with E-state index < -0.39 is 29.3 Å². The summed E-state index contributed by atoms with van der Waals surface area (Å²) in [6, 6.07) is 3.89. The van der Waals surface area contributed by atoms with E-state index in [2.05, 4.69) is 10.6 Å². The number of carbonyl (C=O) groups is 3. The van der Waals surface area contributed by atoms with Crippen LogP contribution in [0.3, 0.4) is 0 Å². The van der Waals surface area contributed by atoms with Crippen LogP contribution in [0, 0.1) is 19.8 Å². The van der Waals surface area contributed by atoms with Gasteiger partial charge in [0.15, 0.2) is 0 Å². The molecule has 1 rings (SSSR count). The van der Waals surface area contributed by atoms with Gasteiger partial charge in [-0.3, -0.25) is 9.59 Å². The zero-order valence-electron chi connectivity index (χ0n) is 23.8. The Morgan fingerprint density at radius 3 is 2.00 bits per heavy atom. The summed E-state index contributed by atoms with van der Waals surface area (Å²) in [4.78, 5) is 42.1. The third-order valence-electron chi connectivity index (χ3n) is 5.71. The normalized spacial score (nSPS) is 14.7. The lowest BCUT2D eigenvalue weighted by Crippen LogP contribution is -2.58. The van der Waals surface area contributed by atoms with E-state index in [1.807, 2.05) is 80.5 Å². The number of carbonyl (C=O) groups excluding carboxylic acids is 3. The van der Waals surface area contributed by atoms with Gasteiger partial charge in [0.25, 0.3) is 0 Å². The molecule has 0 radical (unpaired) electrons. The highest BCUT2D eigenvalue weighted by molar-refractivity contribution is 5.93. The average Bonchev–Trinajstić information content (AvgIpc) is 2.66. The second-order valence-electron chi connectivity index (χ2n) is 11.9. The fourth-order valence-electron chi connectivity index (χ4n) is 3.95. The first-order valence-electron chi connectivity index (χ1n) is 12.6. The fourth-order valence-corrected chi connectivity index (χ4v) is 3.95. The molecule has 1 aromatic carbocycles. The standard InChI is InChI=1S/C28H47N3O4/c1-13-19(5)22(29-26(34)35-28(10,11)12)25(33)31(17(2)3)23(24(32)30-27(7,8)9)21-15-14-18(4)16-20(21)6/h14-17,19,22-23H,13H2,1-12H3,(H,29,34)(H,30,32). The maximum Gasteiger partial charge on any atom is 0.408 e. The van der Waals surface area contributed by atoms with Gasteiger partial charge in [0.1, 0.15) is 17.7 Å². The van der Waals surface area contributed by atoms with Gasteiger partial charge >= 0.3 is 6.09 Å². The Bertz CT molecular complexity index is 896. The molecule has 3 atom stereocenters. The smallest absolute Gasteiger partial charge is 0.408 e. The summed E-state index contributed by atoms with van der Waals surface area (Å²) in [5.74, 6) is -0.734. The Labute approximate surface area is 212 Å². The van der Waals surface area contributed by atoms with Gasteiger partial charge in [-0.25, -0.2) is 4.79 Å². The second kappa shape index (κ2) is 11.9. The Balaban J connectivity index is 3.60. The highest BCUT2D eigenvalue weighted by atomic mass is 16.6. The van der Waals surface area contributed by atoms with Gasteiger partial charge in [0, 0.05) is 11.6 Å². The largest absolute Gasteiger partial charge is 0.444 e. The molecule has 0 spiro atoms. The number of hydrogen-bond donors (Lipinski definition) is 2. The predicted octanol–water partition coefficient (Wildman–Crippen LogP) is 5.44. The first-order valence-corrected chi connectivity index (χ1v) is 12.6. The Morgan fingerprint density at radius 1 is 1.00 bits per heavy atom. The van der Waals surface area contributed by atoms with Gasteiger partial charge in [0.05, 0.1) is 0 Å². The number of amides is 3. The molecule has 0 aromatic heterocycles. The molecular weight excluding hydrogens is 442 g/mol. The summed E-state index contributed by atoms with van der Waals surface area (Å²) >= 11 is 0. The molecule has 1 aromatic rings. The number of aryl methyl sites for hydroxylation is 2. The van der Waals surface area contributed by atoms with Crippen molar-refractivity contribution >= 4 is 17.9 Å². The van der Waals surface area contributed by atoms with Crippen molar-refractivity contribution in [3.8, 4) is 0 Å². The second-order valence-corrected chi connectivity index (χ2v) is 11.9. The van der Waals surface area contributed by atoms with Crippen LogP contribution in [0.1, 0.15) is 98.4 Å². The average molecular weight is 490 g/mol. The number of nitrogens with one attached hydrogen (secondary N) is 2. The van der Waals surface area contributed by atoms with Crippen LogP contribution >= 0.6 is 0 Å². The topological polar surface area (TPSA) is 87.7 Å². The van der Waals surface area contributed by atoms with Gasteiger partial charge in [-0.05, 0) is 86.3 Å². The van der Waals surface area contributed by atoms with Gasteiger partial charge in [-0.1, -0.05) is 44.0 Å². The molecule has 0 heterocycles. The number of hydrogen-bond acceptors (Lipinski definition) is 4. The molecule has 3 amide bonds. The minimum Gasteiger partial charge on any atom is -0.444 e. The molecule has 0 saturated carbocycles. The van der Waals surface area contributed by atoms with Crippen LogP contribution in [0.15, 0.2) is 18.2 Å². The van der Waals surface area contributed by atoms with Crippen molar-refractivity contribution in [1.29, 1.82) is 0 Å². The lowest BCUT2D eigenvalue weighted by Gasteiger charge is -2.40.